The third-order valence-corrected chi connectivity index (χ3v) is 3.12. The average molecular weight is 292 g/mol. The lowest BCUT2D eigenvalue weighted by Crippen LogP contribution is -2.01. The third kappa shape index (κ3) is 3.81. The average Bonchev–Trinajstić information content (AvgIpc) is 2.48. The van der Waals surface area contributed by atoms with E-state index in [4.69, 9.17) is 21.1 Å². The fraction of sp³-hybridized carbons (Fsp3) is 0.250. The van der Waals surface area contributed by atoms with Gasteiger partial charge in [0.2, 0.25) is 0 Å². The lowest BCUT2D eigenvalue weighted by atomic mass is 10.2. The maximum atomic E-state index is 5.86. The minimum absolute atomic E-state index is 0.624. The number of benzene rings is 2. The molecule has 0 saturated carbocycles. The summed E-state index contributed by atoms with van der Waals surface area (Å²) in [4.78, 5) is 0. The van der Waals surface area contributed by atoms with E-state index in [1.165, 1.54) is 0 Å². The first kappa shape index (κ1) is 14.5. The van der Waals surface area contributed by atoms with Crippen molar-refractivity contribution < 1.29 is 9.47 Å². The Morgan fingerprint density at radius 3 is 2.45 bits per heavy atom. The van der Waals surface area contributed by atoms with Crippen molar-refractivity contribution in [1.82, 2.24) is 0 Å². The molecule has 0 unspecified atom stereocenters. The van der Waals surface area contributed by atoms with Gasteiger partial charge < -0.3 is 14.8 Å². The summed E-state index contributed by atoms with van der Waals surface area (Å²) in [5.41, 5.74) is 2.16. The van der Waals surface area contributed by atoms with Crippen LogP contribution in [-0.2, 0) is 6.54 Å². The highest BCUT2D eigenvalue weighted by Gasteiger charge is 2.05. The van der Waals surface area contributed by atoms with Crippen LogP contribution in [0.1, 0.15) is 12.5 Å². The van der Waals surface area contributed by atoms with E-state index in [1.54, 1.807) is 7.11 Å². The standard InChI is InChI=1S/C16H18ClNO2/c1-3-20-15-9-4-12(10-16(15)19-2)11-18-14-7-5-13(17)6-8-14/h4-10,18H,3,11H2,1-2H3. The van der Waals surface area contributed by atoms with Crippen LogP contribution in [0.25, 0.3) is 0 Å². The Morgan fingerprint density at radius 2 is 1.80 bits per heavy atom. The summed E-state index contributed by atoms with van der Waals surface area (Å²) < 4.78 is 10.8. The van der Waals surface area contributed by atoms with Crippen molar-refractivity contribution in [2.75, 3.05) is 19.0 Å². The van der Waals surface area contributed by atoms with Gasteiger partial charge in [0.1, 0.15) is 0 Å². The third-order valence-electron chi connectivity index (χ3n) is 2.87. The molecule has 0 aliphatic rings. The van der Waals surface area contributed by atoms with E-state index in [-0.39, 0.29) is 0 Å². The minimum Gasteiger partial charge on any atom is -0.493 e. The number of hydrogen-bond acceptors (Lipinski definition) is 3. The molecule has 0 saturated heterocycles. The highest BCUT2D eigenvalue weighted by atomic mass is 35.5. The van der Waals surface area contributed by atoms with Crippen LogP contribution in [-0.4, -0.2) is 13.7 Å². The molecule has 0 radical (unpaired) electrons. The summed E-state index contributed by atoms with van der Waals surface area (Å²) >= 11 is 5.86. The highest BCUT2D eigenvalue weighted by Crippen LogP contribution is 2.28. The molecule has 2 aromatic carbocycles. The largest absolute Gasteiger partial charge is 0.493 e. The molecule has 1 N–H and O–H groups in total. The zero-order valence-electron chi connectivity index (χ0n) is 11.7. The number of methoxy groups -OCH3 is 1. The van der Waals surface area contributed by atoms with Crippen LogP contribution >= 0.6 is 11.6 Å². The van der Waals surface area contributed by atoms with Crippen molar-refractivity contribution in [3.8, 4) is 11.5 Å². The van der Waals surface area contributed by atoms with Crippen molar-refractivity contribution in [2.24, 2.45) is 0 Å². The van der Waals surface area contributed by atoms with Gasteiger partial charge in [-0.3, -0.25) is 0 Å². The second kappa shape index (κ2) is 7.06. The van der Waals surface area contributed by atoms with Crippen LogP contribution in [0.3, 0.4) is 0 Å². The Labute approximate surface area is 124 Å². The molecular weight excluding hydrogens is 274 g/mol. The van der Waals surface area contributed by atoms with E-state index in [0.717, 1.165) is 27.8 Å². The fourth-order valence-electron chi connectivity index (χ4n) is 1.87. The SMILES string of the molecule is CCOc1ccc(CNc2ccc(Cl)cc2)cc1OC. The molecule has 0 aliphatic carbocycles. The molecule has 4 heteroatoms. The second-order valence-corrected chi connectivity index (χ2v) is 4.72. The van der Waals surface area contributed by atoms with E-state index in [0.29, 0.717) is 13.2 Å². The van der Waals surface area contributed by atoms with Gasteiger partial charge in [-0.2, -0.15) is 0 Å². The number of nitrogens with one attached hydrogen (secondary N) is 1. The maximum Gasteiger partial charge on any atom is 0.161 e. The number of rotatable bonds is 6. The summed E-state index contributed by atoms with van der Waals surface area (Å²) in [6, 6.07) is 13.6. The summed E-state index contributed by atoms with van der Waals surface area (Å²) in [7, 11) is 1.65. The molecule has 0 heterocycles. The molecule has 0 spiro atoms. The van der Waals surface area contributed by atoms with E-state index in [1.807, 2.05) is 49.4 Å². The lowest BCUT2D eigenvalue weighted by Gasteiger charge is -2.12. The van der Waals surface area contributed by atoms with Crippen LogP contribution < -0.4 is 14.8 Å². The van der Waals surface area contributed by atoms with Gasteiger partial charge in [0.05, 0.1) is 13.7 Å². The quantitative estimate of drug-likeness (QED) is 0.858. The molecule has 2 aromatic rings. The molecule has 106 valence electrons. The zero-order chi connectivity index (χ0) is 14.4. The van der Waals surface area contributed by atoms with Gasteiger partial charge in [0.25, 0.3) is 0 Å². The second-order valence-electron chi connectivity index (χ2n) is 4.28. The van der Waals surface area contributed by atoms with E-state index in [9.17, 15) is 0 Å². The van der Waals surface area contributed by atoms with E-state index < -0.39 is 0 Å². The molecule has 20 heavy (non-hydrogen) atoms. The first-order valence-corrected chi connectivity index (χ1v) is 6.90. The summed E-state index contributed by atoms with van der Waals surface area (Å²) in [6.45, 7) is 3.29. The fourth-order valence-corrected chi connectivity index (χ4v) is 1.99. The molecule has 2 rings (SSSR count). The van der Waals surface area contributed by atoms with Gasteiger partial charge in [-0.05, 0) is 48.9 Å². The molecular formula is C16H18ClNO2. The Morgan fingerprint density at radius 1 is 1.05 bits per heavy atom. The molecule has 0 aromatic heterocycles. The first-order chi connectivity index (χ1) is 9.72. The van der Waals surface area contributed by atoms with Crippen LogP contribution in [0.5, 0.6) is 11.5 Å². The molecule has 0 atom stereocenters. The van der Waals surface area contributed by atoms with Gasteiger partial charge in [-0.1, -0.05) is 17.7 Å². The van der Waals surface area contributed by atoms with Crippen LogP contribution in [0.2, 0.25) is 5.02 Å². The highest BCUT2D eigenvalue weighted by molar-refractivity contribution is 6.30. The topological polar surface area (TPSA) is 30.5 Å². The minimum atomic E-state index is 0.624. The van der Waals surface area contributed by atoms with Crippen molar-refractivity contribution in [1.29, 1.82) is 0 Å². The maximum absolute atomic E-state index is 5.86. The van der Waals surface area contributed by atoms with Gasteiger partial charge in [-0.15, -0.1) is 0 Å². The number of ether oxygens (including phenoxy) is 2. The summed E-state index contributed by atoms with van der Waals surface area (Å²) in [6.07, 6.45) is 0. The van der Waals surface area contributed by atoms with Crippen molar-refractivity contribution in [3.05, 3.63) is 53.1 Å². The predicted octanol–water partition coefficient (Wildman–Crippen LogP) is 4.36. The molecule has 3 nitrogen and oxygen atoms in total. The number of hydrogen-bond donors (Lipinski definition) is 1. The molecule has 0 aliphatic heterocycles. The molecule has 0 amide bonds. The Hall–Kier alpha value is -1.87. The molecule has 0 bridgehead atoms. The van der Waals surface area contributed by atoms with Crippen molar-refractivity contribution in [2.45, 2.75) is 13.5 Å². The monoisotopic (exact) mass is 291 g/mol. The Bertz CT molecular complexity index is 555. The summed E-state index contributed by atoms with van der Waals surface area (Å²) in [5.74, 6) is 1.52. The predicted molar refractivity (Wildman–Crippen MR) is 82.9 cm³/mol. The van der Waals surface area contributed by atoms with Crippen LogP contribution in [0, 0.1) is 0 Å². The van der Waals surface area contributed by atoms with Crippen molar-refractivity contribution >= 4 is 17.3 Å². The smallest absolute Gasteiger partial charge is 0.161 e. The van der Waals surface area contributed by atoms with E-state index >= 15 is 0 Å². The molecule has 0 fully saturated rings. The van der Waals surface area contributed by atoms with E-state index in [2.05, 4.69) is 5.32 Å². The van der Waals surface area contributed by atoms with Gasteiger partial charge in [0.15, 0.2) is 11.5 Å². The lowest BCUT2D eigenvalue weighted by molar-refractivity contribution is 0.310. The van der Waals surface area contributed by atoms with Gasteiger partial charge in [-0.25, -0.2) is 0 Å². The van der Waals surface area contributed by atoms with Crippen LogP contribution in [0.15, 0.2) is 42.5 Å². The van der Waals surface area contributed by atoms with Crippen molar-refractivity contribution in [3.63, 3.8) is 0 Å². The Balaban J connectivity index is 2.04. The normalized spacial score (nSPS) is 10.2. The first-order valence-electron chi connectivity index (χ1n) is 6.52. The van der Waals surface area contributed by atoms with Gasteiger partial charge >= 0.3 is 0 Å². The number of anilines is 1. The van der Waals surface area contributed by atoms with Crippen LogP contribution in [0.4, 0.5) is 5.69 Å². The zero-order valence-corrected chi connectivity index (χ0v) is 12.4. The van der Waals surface area contributed by atoms with Gasteiger partial charge in [0, 0.05) is 17.3 Å². The number of halogens is 1. The Kier molecular flexibility index (Phi) is 5.13. The summed E-state index contributed by atoms with van der Waals surface area (Å²) in [5, 5.41) is 4.07.